The first-order valence-electron chi connectivity index (χ1n) is 6.88. The van der Waals surface area contributed by atoms with Gasteiger partial charge < -0.3 is 10.0 Å². The molecule has 0 aliphatic rings. The Morgan fingerprint density at radius 1 is 1.19 bits per heavy atom. The van der Waals surface area contributed by atoms with E-state index in [1.165, 1.54) is 11.1 Å². The standard InChI is InChI=1S/C16H17N3OS/c1-12-10-21-16-14(12)15(17-11-18-16)19(7-8-20)9-13-5-3-2-4-6-13/h2-6,10-11,20H,7-9H2,1H3. The zero-order chi connectivity index (χ0) is 14.7. The minimum absolute atomic E-state index is 0.0987. The average Bonchev–Trinajstić information content (AvgIpc) is 2.90. The van der Waals surface area contributed by atoms with Crippen LogP contribution in [-0.2, 0) is 6.54 Å². The lowest BCUT2D eigenvalue weighted by atomic mass is 10.2. The van der Waals surface area contributed by atoms with Gasteiger partial charge in [0.1, 0.15) is 17.0 Å². The Bertz CT molecular complexity index is 727. The lowest BCUT2D eigenvalue weighted by Gasteiger charge is -2.23. The monoisotopic (exact) mass is 299 g/mol. The lowest BCUT2D eigenvalue weighted by molar-refractivity contribution is 0.301. The second-order valence-corrected chi connectivity index (χ2v) is 5.79. The number of hydrogen-bond donors (Lipinski definition) is 1. The summed E-state index contributed by atoms with van der Waals surface area (Å²) < 4.78 is 0. The van der Waals surface area contributed by atoms with Crippen LogP contribution in [0.15, 0.2) is 42.0 Å². The normalized spacial score (nSPS) is 11.0. The van der Waals surface area contributed by atoms with E-state index in [9.17, 15) is 5.11 Å². The van der Waals surface area contributed by atoms with E-state index in [1.54, 1.807) is 17.7 Å². The highest BCUT2D eigenvalue weighted by atomic mass is 32.1. The van der Waals surface area contributed by atoms with Crippen molar-refractivity contribution >= 4 is 27.4 Å². The van der Waals surface area contributed by atoms with E-state index in [2.05, 4.69) is 39.3 Å². The summed E-state index contributed by atoms with van der Waals surface area (Å²) in [6.07, 6.45) is 1.60. The molecule has 1 N–H and O–H groups in total. The third kappa shape index (κ3) is 2.89. The zero-order valence-electron chi connectivity index (χ0n) is 11.9. The molecule has 3 aromatic rings. The van der Waals surface area contributed by atoms with Crippen LogP contribution in [0.3, 0.4) is 0 Å². The van der Waals surface area contributed by atoms with E-state index in [1.807, 2.05) is 18.2 Å². The minimum Gasteiger partial charge on any atom is -0.395 e. The second kappa shape index (κ2) is 6.20. The molecule has 0 aliphatic carbocycles. The molecule has 0 atom stereocenters. The van der Waals surface area contributed by atoms with E-state index in [4.69, 9.17) is 0 Å². The van der Waals surface area contributed by atoms with Gasteiger partial charge in [0.05, 0.1) is 12.0 Å². The molecule has 108 valence electrons. The van der Waals surface area contributed by atoms with E-state index < -0.39 is 0 Å². The fourth-order valence-corrected chi connectivity index (χ4v) is 3.31. The van der Waals surface area contributed by atoms with Crippen molar-refractivity contribution in [2.24, 2.45) is 0 Å². The molecule has 0 amide bonds. The Labute approximate surface area is 127 Å². The number of thiophene rings is 1. The molecule has 0 fully saturated rings. The van der Waals surface area contributed by atoms with Gasteiger partial charge in [-0.15, -0.1) is 11.3 Å². The highest BCUT2D eigenvalue weighted by Gasteiger charge is 2.15. The first-order valence-corrected chi connectivity index (χ1v) is 7.76. The van der Waals surface area contributed by atoms with Crippen molar-refractivity contribution in [2.75, 3.05) is 18.1 Å². The fraction of sp³-hybridized carbons (Fsp3) is 0.250. The molecule has 0 radical (unpaired) electrons. The van der Waals surface area contributed by atoms with Crippen LogP contribution in [0.25, 0.3) is 10.2 Å². The van der Waals surface area contributed by atoms with E-state index in [0.717, 1.165) is 22.6 Å². The van der Waals surface area contributed by atoms with Crippen LogP contribution < -0.4 is 4.90 Å². The fourth-order valence-electron chi connectivity index (χ4n) is 2.42. The average molecular weight is 299 g/mol. The number of rotatable bonds is 5. The maximum Gasteiger partial charge on any atom is 0.141 e. The van der Waals surface area contributed by atoms with Crippen molar-refractivity contribution in [3.05, 3.63) is 53.2 Å². The van der Waals surface area contributed by atoms with E-state index in [0.29, 0.717) is 6.54 Å². The summed E-state index contributed by atoms with van der Waals surface area (Å²) in [6, 6.07) is 10.2. The Hall–Kier alpha value is -1.98. The molecule has 0 saturated heterocycles. The predicted molar refractivity (Wildman–Crippen MR) is 86.7 cm³/mol. The van der Waals surface area contributed by atoms with Gasteiger partial charge in [-0.05, 0) is 23.4 Å². The number of aliphatic hydroxyl groups excluding tert-OH is 1. The summed E-state index contributed by atoms with van der Waals surface area (Å²) in [5, 5.41) is 12.6. The van der Waals surface area contributed by atoms with Crippen LogP contribution in [0.2, 0.25) is 0 Å². The SMILES string of the molecule is Cc1csc2ncnc(N(CCO)Cc3ccccc3)c12. The number of hydrogen-bond acceptors (Lipinski definition) is 5. The Kier molecular flexibility index (Phi) is 4.13. The molecule has 4 nitrogen and oxygen atoms in total. The summed E-state index contributed by atoms with van der Waals surface area (Å²) in [5.41, 5.74) is 2.38. The molecule has 0 saturated carbocycles. The molecular weight excluding hydrogens is 282 g/mol. The molecule has 0 spiro atoms. The number of aryl methyl sites for hydroxylation is 1. The van der Waals surface area contributed by atoms with Gasteiger partial charge in [-0.25, -0.2) is 9.97 Å². The number of benzene rings is 1. The van der Waals surface area contributed by atoms with Gasteiger partial charge in [-0.3, -0.25) is 0 Å². The summed E-state index contributed by atoms with van der Waals surface area (Å²) in [5.74, 6) is 0.900. The summed E-state index contributed by atoms with van der Waals surface area (Å²) in [4.78, 5) is 11.9. The third-order valence-corrected chi connectivity index (χ3v) is 4.42. The molecule has 2 aromatic heterocycles. The first kappa shape index (κ1) is 14.0. The molecule has 0 bridgehead atoms. The molecule has 1 aromatic carbocycles. The number of anilines is 1. The van der Waals surface area contributed by atoms with Crippen LogP contribution in [0, 0.1) is 6.92 Å². The number of nitrogens with zero attached hydrogens (tertiary/aromatic N) is 3. The smallest absolute Gasteiger partial charge is 0.141 e. The summed E-state index contributed by atoms with van der Waals surface area (Å²) in [7, 11) is 0. The molecule has 2 heterocycles. The van der Waals surface area contributed by atoms with Gasteiger partial charge in [-0.2, -0.15) is 0 Å². The lowest BCUT2D eigenvalue weighted by Crippen LogP contribution is -2.27. The van der Waals surface area contributed by atoms with E-state index in [-0.39, 0.29) is 6.61 Å². The molecular formula is C16H17N3OS. The van der Waals surface area contributed by atoms with Crippen LogP contribution in [0.1, 0.15) is 11.1 Å². The van der Waals surface area contributed by atoms with Crippen molar-refractivity contribution in [1.29, 1.82) is 0 Å². The number of fused-ring (bicyclic) bond motifs is 1. The minimum atomic E-state index is 0.0987. The van der Waals surface area contributed by atoms with E-state index >= 15 is 0 Å². The predicted octanol–water partition coefficient (Wildman–Crippen LogP) is 3.00. The van der Waals surface area contributed by atoms with Gasteiger partial charge in [0.25, 0.3) is 0 Å². The van der Waals surface area contributed by atoms with Gasteiger partial charge >= 0.3 is 0 Å². The van der Waals surface area contributed by atoms with Gasteiger partial charge in [0, 0.05) is 13.1 Å². The van der Waals surface area contributed by atoms with Crippen molar-refractivity contribution in [3.8, 4) is 0 Å². The molecule has 0 unspecified atom stereocenters. The Morgan fingerprint density at radius 3 is 2.76 bits per heavy atom. The zero-order valence-corrected chi connectivity index (χ0v) is 12.7. The molecule has 5 heteroatoms. The van der Waals surface area contributed by atoms with Gasteiger partial charge in [0.2, 0.25) is 0 Å². The Balaban J connectivity index is 2.01. The molecule has 0 aliphatic heterocycles. The summed E-state index contributed by atoms with van der Waals surface area (Å²) >= 11 is 1.63. The van der Waals surface area contributed by atoms with Crippen molar-refractivity contribution in [2.45, 2.75) is 13.5 Å². The largest absolute Gasteiger partial charge is 0.395 e. The first-order chi connectivity index (χ1) is 10.3. The highest BCUT2D eigenvalue weighted by Crippen LogP contribution is 2.31. The second-order valence-electron chi connectivity index (χ2n) is 4.93. The maximum atomic E-state index is 9.39. The van der Waals surface area contributed by atoms with Crippen molar-refractivity contribution in [3.63, 3.8) is 0 Å². The quantitative estimate of drug-likeness (QED) is 0.787. The number of aromatic nitrogens is 2. The highest BCUT2D eigenvalue weighted by molar-refractivity contribution is 7.17. The van der Waals surface area contributed by atoms with Gasteiger partial charge in [-0.1, -0.05) is 30.3 Å². The van der Waals surface area contributed by atoms with Crippen LogP contribution in [0.4, 0.5) is 5.82 Å². The Morgan fingerprint density at radius 2 is 2.00 bits per heavy atom. The van der Waals surface area contributed by atoms with Crippen LogP contribution >= 0.6 is 11.3 Å². The van der Waals surface area contributed by atoms with Gasteiger partial charge in [0.15, 0.2) is 0 Å². The van der Waals surface area contributed by atoms with Crippen molar-refractivity contribution < 1.29 is 5.11 Å². The van der Waals surface area contributed by atoms with Crippen molar-refractivity contribution in [1.82, 2.24) is 9.97 Å². The maximum absolute atomic E-state index is 9.39. The van der Waals surface area contributed by atoms with Crippen LogP contribution in [-0.4, -0.2) is 28.2 Å². The molecule has 3 rings (SSSR count). The number of aliphatic hydroxyl groups is 1. The summed E-state index contributed by atoms with van der Waals surface area (Å²) in [6.45, 7) is 3.45. The van der Waals surface area contributed by atoms with Crippen LogP contribution in [0.5, 0.6) is 0 Å². The molecule has 21 heavy (non-hydrogen) atoms. The third-order valence-electron chi connectivity index (χ3n) is 3.42. The topological polar surface area (TPSA) is 49.2 Å².